The number of alkyl halides is 1. The van der Waals surface area contributed by atoms with E-state index in [1.165, 1.54) is 30.6 Å². The molecule has 3 rings (SSSR count). The van der Waals surface area contributed by atoms with E-state index in [4.69, 9.17) is 0 Å². The molecule has 0 nitrogen and oxygen atoms in total. The molecule has 1 heterocycles. The molecule has 0 saturated heterocycles. The highest BCUT2D eigenvalue weighted by atomic mass is 79.9. The minimum Gasteiger partial charge on any atom is -0.149 e. The number of thiophene rings is 1. The minimum absolute atomic E-state index is 0.747. The Bertz CT molecular complexity index is 296. The lowest BCUT2D eigenvalue weighted by molar-refractivity contribution is 0.571. The van der Waals surface area contributed by atoms with Crippen molar-refractivity contribution in [3.63, 3.8) is 0 Å². The van der Waals surface area contributed by atoms with Crippen LogP contribution in [0.3, 0.4) is 0 Å². The Morgan fingerprint density at radius 2 is 2.21 bits per heavy atom. The average Bonchev–Trinajstić information content (AvgIpc) is 2.63. The largest absolute Gasteiger partial charge is 0.149 e. The zero-order valence-electron chi connectivity index (χ0n) is 8.16. The molecule has 0 aliphatic heterocycles. The summed E-state index contributed by atoms with van der Waals surface area (Å²) < 4.78 is 0. The molecule has 0 aromatic carbocycles. The Morgan fingerprint density at radius 1 is 1.43 bits per heavy atom. The van der Waals surface area contributed by atoms with E-state index in [2.05, 4.69) is 33.4 Å². The van der Waals surface area contributed by atoms with E-state index in [1.54, 1.807) is 0 Å². The Hall–Kier alpha value is 0.180. The molecule has 14 heavy (non-hydrogen) atoms. The van der Waals surface area contributed by atoms with Crippen LogP contribution >= 0.6 is 27.3 Å². The van der Waals surface area contributed by atoms with Gasteiger partial charge in [0.15, 0.2) is 0 Å². The number of hydrogen-bond donors (Lipinski definition) is 0. The van der Waals surface area contributed by atoms with E-state index < -0.39 is 0 Å². The first-order valence-electron chi connectivity index (χ1n) is 5.53. The Kier molecular flexibility index (Phi) is 2.45. The summed E-state index contributed by atoms with van der Waals surface area (Å²) in [6.45, 7) is 0. The predicted octanol–water partition coefficient (Wildman–Crippen LogP) is 4.10. The molecule has 1 aromatic heterocycles. The monoisotopic (exact) mass is 270 g/mol. The topological polar surface area (TPSA) is 0 Å². The van der Waals surface area contributed by atoms with Crippen molar-refractivity contribution in [1.82, 2.24) is 0 Å². The van der Waals surface area contributed by atoms with Crippen molar-refractivity contribution < 1.29 is 0 Å². The van der Waals surface area contributed by atoms with Gasteiger partial charge in [0.1, 0.15) is 0 Å². The van der Waals surface area contributed by atoms with E-state index in [1.807, 2.05) is 11.3 Å². The SMILES string of the molecule is BrC(Cc1cccs1)C1C2CCCC21. The molecule has 0 amide bonds. The van der Waals surface area contributed by atoms with Crippen LogP contribution in [-0.2, 0) is 6.42 Å². The number of halogens is 1. The highest BCUT2D eigenvalue weighted by Crippen LogP contribution is 2.60. The molecule has 3 unspecified atom stereocenters. The maximum absolute atomic E-state index is 3.89. The fourth-order valence-corrected chi connectivity index (χ4v) is 5.28. The first-order chi connectivity index (χ1) is 6.86. The molecule has 0 bridgehead atoms. The van der Waals surface area contributed by atoms with Gasteiger partial charge >= 0.3 is 0 Å². The van der Waals surface area contributed by atoms with Crippen LogP contribution in [0, 0.1) is 17.8 Å². The molecule has 0 N–H and O–H groups in total. The van der Waals surface area contributed by atoms with Crippen LogP contribution in [-0.4, -0.2) is 4.83 Å². The van der Waals surface area contributed by atoms with Gasteiger partial charge in [0, 0.05) is 9.70 Å². The molecule has 3 atom stereocenters. The second kappa shape index (κ2) is 3.64. The summed E-state index contributed by atoms with van der Waals surface area (Å²) in [5, 5.41) is 2.18. The van der Waals surface area contributed by atoms with Crippen LogP contribution in [0.4, 0.5) is 0 Å². The third-order valence-electron chi connectivity index (χ3n) is 3.87. The second-order valence-electron chi connectivity index (χ2n) is 4.64. The average molecular weight is 271 g/mol. The Balaban J connectivity index is 1.59. The summed E-state index contributed by atoms with van der Waals surface area (Å²) in [6, 6.07) is 4.42. The molecule has 2 fully saturated rings. The third kappa shape index (κ3) is 1.57. The van der Waals surface area contributed by atoms with Crippen molar-refractivity contribution in [2.24, 2.45) is 17.8 Å². The fourth-order valence-electron chi connectivity index (χ4n) is 3.17. The van der Waals surface area contributed by atoms with Gasteiger partial charge in [-0.1, -0.05) is 28.4 Å². The van der Waals surface area contributed by atoms with Gasteiger partial charge in [0.25, 0.3) is 0 Å². The van der Waals surface area contributed by atoms with Crippen molar-refractivity contribution in [2.75, 3.05) is 0 Å². The lowest BCUT2D eigenvalue weighted by Crippen LogP contribution is -2.08. The van der Waals surface area contributed by atoms with Gasteiger partial charge in [-0.3, -0.25) is 0 Å². The summed E-state index contributed by atoms with van der Waals surface area (Å²) >= 11 is 5.78. The van der Waals surface area contributed by atoms with E-state index in [9.17, 15) is 0 Å². The maximum Gasteiger partial charge on any atom is 0.0227 e. The first-order valence-corrected chi connectivity index (χ1v) is 7.32. The maximum atomic E-state index is 3.89. The summed E-state index contributed by atoms with van der Waals surface area (Å²) in [5.41, 5.74) is 0. The number of fused-ring (bicyclic) bond motifs is 1. The summed E-state index contributed by atoms with van der Waals surface area (Å²) in [6.07, 6.45) is 5.74. The van der Waals surface area contributed by atoms with Crippen molar-refractivity contribution in [3.8, 4) is 0 Å². The summed E-state index contributed by atoms with van der Waals surface area (Å²) in [7, 11) is 0. The van der Waals surface area contributed by atoms with Crippen LogP contribution in [0.2, 0.25) is 0 Å². The zero-order chi connectivity index (χ0) is 9.54. The Morgan fingerprint density at radius 3 is 2.86 bits per heavy atom. The lowest BCUT2D eigenvalue weighted by atomic mass is 10.1. The summed E-state index contributed by atoms with van der Waals surface area (Å²) in [4.78, 5) is 2.29. The molecular weight excluding hydrogens is 256 g/mol. The molecule has 2 heteroatoms. The molecule has 1 aromatic rings. The van der Waals surface area contributed by atoms with Crippen molar-refractivity contribution in [2.45, 2.75) is 30.5 Å². The van der Waals surface area contributed by atoms with E-state index in [0.717, 1.165) is 22.6 Å². The molecule has 76 valence electrons. The van der Waals surface area contributed by atoms with Gasteiger partial charge < -0.3 is 0 Å². The van der Waals surface area contributed by atoms with Crippen LogP contribution in [0.15, 0.2) is 17.5 Å². The van der Waals surface area contributed by atoms with Crippen molar-refractivity contribution >= 4 is 27.3 Å². The summed E-state index contributed by atoms with van der Waals surface area (Å²) in [5.74, 6) is 3.17. The lowest BCUT2D eigenvalue weighted by Gasteiger charge is -2.10. The third-order valence-corrected chi connectivity index (χ3v) is 5.70. The molecule has 0 spiro atoms. The highest BCUT2D eigenvalue weighted by Gasteiger charge is 2.54. The van der Waals surface area contributed by atoms with Crippen LogP contribution in [0.5, 0.6) is 0 Å². The van der Waals surface area contributed by atoms with E-state index in [-0.39, 0.29) is 0 Å². The molecule has 2 aliphatic carbocycles. The van der Waals surface area contributed by atoms with Crippen LogP contribution in [0.1, 0.15) is 24.1 Å². The Labute approximate surface area is 97.8 Å². The van der Waals surface area contributed by atoms with Gasteiger partial charge in [0.05, 0.1) is 0 Å². The van der Waals surface area contributed by atoms with Gasteiger partial charge in [-0.15, -0.1) is 11.3 Å². The minimum atomic E-state index is 0.747. The van der Waals surface area contributed by atoms with Gasteiger partial charge in [-0.25, -0.2) is 0 Å². The number of rotatable bonds is 3. The van der Waals surface area contributed by atoms with E-state index in [0.29, 0.717) is 0 Å². The normalized spacial score (nSPS) is 36.8. The molecule has 2 saturated carbocycles. The van der Waals surface area contributed by atoms with Crippen LogP contribution in [0.25, 0.3) is 0 Å². The smallest absolute Gasteiger partial charge is 0.0227 e. The van der Waals surface area contributed by atoms with Crippen molar-refractivity contribution in [3.05, 3.63) is 22.4 Å². The molecule has 0 radical (unpaired) electrons. The quantitative estimate of drug-likeness (QED) is 0.726. The van der Waals surface area contributed by atoms with Crippen molar-refractivity contribution in [1.29, 1.82) is 0 Å². The molecular formula is C12H15BrS. The number of hydrogen-bond acceptors (Lipinski definition) is 1. The fraction of sp³-hybridized carbons (Fsp3) is 0.667. The standard InChI is InChI=1S/C12H15BrS/c13-11(7-8-3-2-6-14-8)12-9-4-1-5-10(9)12/h2-3,6,9-12H,1,4-5,7H2. The first kappa shape index (κ1) is 9.41. The predicted molar refractivity (Wildman–Crippen MR) is 65.1 cm³/mol. The zero-order valence-corrected chi connectivity index (χ0v) is 10.6. The highest BCUT2D eigenvalue weighted by molar-refractivity contribution is 9.09. The molecule has 2 aliphatic rings. The van der Waals surface area contributed by atoms with E-state index >= 15 is 0 Å². The van der Waals surface area contributed by atoms with Gasteiger partial charge in [-0.05, 0) is 48.5 Å². The van der Waals surface area contributed by atoms with Gasteiger partial charge in [0.2, 0.25) is 0 Å². The van der Waals surface area contributed by atoms with Crippen LogP contribution < -0.4 is 0 Å². The second-order valence-corrected chi connectivity index (χ2v) is 6.84. The van der Waals surface area contributed by atoms with Gasteiger partial charge in [-0.2, -0.15) is 0 Å².